The van der Waals surface area contributed by atoms with Crippen LogP contribution in [0.25, 0.3) is 0 Å². The van der Waals surface area contributed by atoms with E-state index in [4.69, 9.17) is 9.47 Å². The first-order valence-electron chi connectivity index (χ1n) is 16.7. The summed E-state index contributed by atoms with van der Waals surface area (Å²) in [5.41, 5.74) is 0. The van der Waals surface area contributed by atoms with Crippen LogP contribution in [0.15, 0.2) is 0 Å². The molecular weight excluding hydrogens is 472 g/mol. The molecule has 0 heterocycles. The minimum absolute atomic E-state index is 0.00731. The Bertz CT molecular complexity index is 501. The second kappa shape index (κ2) is 30.5. The largest absolute Gasteiger partial charge is 0.463 e. The minimum Gasteiger partial charge on any atom is -0.463 e. The van der Waals surface area contributed by atoms with Gasteiger partial charge in [-0.2, -0.15) is 0 Å². The zero-order valence-corrected chi connectivity index (χ0v) is 26.9. The predicted molar refractivity (Wildman–Crippen MR) is 165 cm³/mol. The van der Waals surface area contributed by atoms with Crippen molar-refractivity contribution in [2.75, 3.05) is 0 Å². The summed E-state index contributed by atoms with van der Waals surface area (Å²) in [5, 5.41) is 0. The van der Waals surface area contributed by atoms with Crippen LogP contribution in [-0.4, -0.2) is 24.1 Å². The molecule has 0 saturated carbocycles. The average Bonchev–Trinajstić information content (AvgIpc) is 2.86. The summed E-state index contributed by atoms with van der Waals surface area (Å²) < 4.78 is 10.6. The molecule has 0 aliphatic heterocycles. The van der Waals surface area contributed by atoms with Gasteiger partial charge in [0.1, 0.15) is 6.10 Å². The maximum atomic E-state index is 11.7. The molecule has 0 aliphatic carbocycles. The van der Waals surface area contributed by atoms with Gasteiger partial charge in [-0.3, -0.25) is 9.59 Å². The standard InChI is InChI=1S/2C17H34O2/c1-5-7-9-13-16(6-2)19-17(18)14-11-8-10-12-15(3)4;1-4-5-6-7-8-9-10-11-12-13-14-15-17(18)19-16(2)3/h15-16H,5-14H2,1-4H3;16H,4-15H2,1-3H3. The first kappa shape index (κ1) is 39.1. The van der Waals surface area contributed by atoms with Gasteiger partial charge in [0.15, 0.2) is 0 Å². The second-order valence-corrected chi connectivity index (χ2v) is 11.8. The van der Waals surface area contributed by atoms with E-state index in [1.165, 1.54) is 96.3 Å². The smallest absolute Gasteiger partial charge is 0.306 e. The highest BCUT2D eigenvalue weighted by Gasteiger charge is 2.12. The van der Waals surface area contributed by atoms with Gasteiger partial charge >= 0.3 is 11.9 Å². The van der Waals surface area contributed by atoms with Crippen molar-refractivity contribution >= 4 is 11.9 Å². The van der Waals surface area contributed by atoms with E-state index in [0.29, 0.717) is 12.8 Å². The van der Waals surface area contributed by atoms with Crippen molar-refractivity contribution in [3.05, 3.63) is 0 Å². The molecule has 0 aromatic carbocycles. The van der Waals surface area contributed by atoms with Crippen LogP contribution in [0.5, 0.6) is 0 Å². The monoisotopic (exact) mass is 541 g/mol. The summed E-state index contributed by atoms with van der Waals surface area (Å²) >= 11 is 0. The van der Waals surface area contributed by atoms with Gasteiger partial charge in [-0.05, 0) is 51.9 Å². The topological polar surface area (TPSA) is 52.6 Å². The molecule has 4 heteroatoms. The molecule has 38 heavy (non-hydrogen) atoms. The van der Waals surface area contributed by atoms with Crippen molar-refractivity contribution in [1.82, 2.24) is 0 Å². The van der Waals surface area contributed by atoms with E-state index < -0.39 is 0 Å². The number of carbonyl (C=O) groups excluding carboxylic acids is 2. The van der Waals surface area contributed by atoms with Crippen molar-refractivity contribution in [2.24, 2.45) is 5.92 Å². The lowest BCUT2D eigenvalue weighted by Crippen LogP contribution is -2.17. The van der Waals surface area contributed by atoms with Crippen molar-refractivity contribution in [1.29, 1.82) is 0 Å². The summed E-state index contributed by atoms with van der Waals surface area (Å²) in [5.74, 6) is 0.744. The van der Waals surface area contributed by atoms with Crippen molar-refractivity contribution < 1.29 is 19.1 Å². The lowest BCUT2D eigenvalue weighted by atomic mass is 10.0. The molecule has 0 aromatic heterocycles. The molecule has 0 aromatic rings. The summed E-state index contributed by atoms with van der Waals surface area (Å²) in [7, 11) is 0. The minimum atomic E-state index is -0.0362. The Morgan fingerprint density at radius 2 is 0.895 bits per heavy atom. The van der Waals surface area contributed by atoms with Crippen LogP contribution < -0.4 is 0 Å². The summed E-state index contributed by atoms with van der Waals surface area (Å²) in [6, 6.07) is 0. The zero-order chi connectivity index (χ0) is 28.9. The lowest BCUT2D eigenvalue weighted by molar-refractivity contribution is -0.150. The first-order valence-corrected chi connectivity index (χ1v) is 16.7. The number of esters is 2. The third kappa shape index (κ3) is 33.0. The molecule has 0 amide bonds. The van der Waals surface area contributed by atoms with Crippen LogP contribution in [0, 0.1) is 5.92 Å². The number of ether oxygens (including phenoxy) is 2. The SMILES string of the molecule is CCCCCC(CC)OC(=O)CCCCCC(C)C.CCCCCCCCCCCCCC(=O)OC(C)C. The quantitative estimate of drug-likeness (QED) is 0.0853. The van der Waals surface area contributed by atoms with Crippen LogP contribution in [-0.2, 0) is 19.1 Å². The highest BCUT2D eigenvalue weighted by Crippen LogP contribution is 2.14. The normalized spacial score (nSPS) is 11.8. The van der Waals surface area contributed by atoms with E-state index in [1.807, 2.05) is 13.8 Å². The summed E-state index contributed by atoms with van der Waals surface area (Å²) in [6.45, 7) is 14.9. The zero-order valence-electron chi connectivity index (χ0n) is 26.9. The summed E-state index contributed by atoms with van der Waals surface area (Å²) in [6.07, 6.45) is 26.1. The van der Waals surface area contributed by atoms with Gasteiger partial charge < -0.3 is 9.47 Å². The van der Waals surface area contributed by atoms with Crippen LogP contribution in [0.4, 0.5) is 0 Å². The van der Waals surface area contributed by atoms with Gasteiger partial charge in [0.25, 0.3) is 0 Å². The van der Waals surface area contributed by atoms with E-state index in [9.17, 15) is 9.59 Å². The fourth-order valence-electron chi connectivity index (χ4n) is 4.47. The first-order chi connectivity index (χ1) is 18.3. The van der Waals surface area contributed by atoms with Gasteiger partial charge in [0.2, 0.25) is 0 Å². The Morgan fingerprint density at radius 3 is 1.34 bits per heavy atom. The number of carbonyl (C=O) groups is 2. The molecule has 0 rings (SSSR count). The molecular formula is C34H68O4. The average molecular weight is 541 g/mol. The van der Waals surface area contributed by atoms with E-state index >= 15 is 0 Å². The number of rotatable bonds is 25. The second-order valence-electron chi connectivity index (χ2n) is 11.8. The highest BCUT2D eigenvalue weighted by atomic mass is 16.5. The third-order valence-corrected chi connectivity index (χ3v) is 6.90. The van der Waals surface area contributed by atoms with Gasteiger partial charge in [0.05, 0.1) is 6.10 Å². The van der Waals surface area contributed by atoms with E-state index in [-0.39, 0.29) is 24.1 Å². The highest BCUT2D eigenvalue weighted by molar-refractivity contribution is 5.69. The fourth-order valence-corrected chi connectivity index (χ4v) is 4.47. The Labute approximate surface area is 238 Å². The molecule has 1 atom stereocenters. The van der Waals surface area contributed by atoms with Crippen molar-refractivity contribution in [3.63, 3.8) is 0 Å². The molecule has 0 spiro atoms. The molecule has 0 bridgehead atoms. The number of hydrogen-bond donors (Lipinski definition) is 0. The molecule has 0 saturated heterocycles. The molecule has 0 fully saturated rings. The Balaban J connectivity index is 0. The molecule has 228 valence electrons. The summed E-state index contributed by atoms with van der Waals surface area (Å²) in [4.78, 5) is 23.0. The molecule has 1 unspecified atom stereocenters. The molecule has 0 aliphatic rings. The van der Waals surface area contributed by atoms with Crippen LogP contribution in [0.3, 0.4) is 0 Å². The Hall–Kier alpha value is -1.06. The predicted octanol–water partition coefficient (Wildman–Crippen LogP) is 11.1. The van der Waals surface area contributed by atoms with E-state index in [0.717, 1.165) is 38.0 Å². The van der Waals surface area contributed by atoms with Crippen molar-refractivity contribution in [2.45, 2.75) is 202 Å². The maximum Gasteiger partial charge on any atom is 0.306 e. The van der Waals surface area contributed by atoms with Crippen LogP contribution in [0.2, 0.25) is 0 Å². The van der Waals surface area contributed by atoms with E-state index in [2.05, 4.69) is 34.6 Å². The fraction of sp³-hybridized carbons (Fsp3) is 0.941. The molecule has 4 nitrogen and oxygen atoms in total. The molecule has 0 radical (unpaired) electrons. The van der Waals surface area contributed by atoms with Gasteiger partial charge in [-0.25, -0.2) is 0 Å². The number of unbranched alkanes of at least 4 members (excludes halogenated alkanes) is 14. The maximum absolute atomic E-state index is 11.7. The number of hydrogen-bond acceptors (Lipinski definition) is 4. The van der Waals surface area contributed by atoms with Crippen LogP contribution >= 0.6 is 0 Å². The Morgan fingerprint density at radius 1 is 0.500 bits per heavy atom. The molecule has 0 N–H and O–H groups in total. The van der Waals surface area contributed by atoms with Crippen LogP contribution in [0.1, 0.15) is 190 Å². The third-order valence-electron chi connectivity index (χ3n) is 6.90. The Kier molecular flexibility index (Phi) is 31.4. The lowest BCUT2D eigenvalue weighted by Gasteiger charge is -2.16. The van der Waals surface area contributed by atoms with E-state index in [1.54, 1.807) is 0 Å². The van der Waals surface area contributed by atoms with Crippen molar-refractivity contribution in [3.8, 4) is 0 Å². The van der Waals surface area contributed by atoms with Gasteiger partial charge in [0, 0.05) is 12.8 Å². The van der Waals surface area contributed by atoms with Gasteiger partial charge in [-0.1, -0.05) is 131 Å². The van der Waals surface area contributed by atoms with Gasteiger partial charge in [-0.15, -0.1) is 0 Å².